The van der Waals surface area contributed by atoms with Crippen molar-refractivity contribution >= 4 is 46.4 Å². The van der Waals surface area contributed by atoms with Crippen LogP contribution in [0, 0.1) is 0 Å². The molecule has 16 nitrogen and oxygen atoms in total. The number of imidazole rings is 1. The van der Waals surface area contributed by atoms with Crippen molar-refractivity contribution in [2.75, 3.05) is 0 Å². The van der Waals surface area contributed by atoms with Crippen molar-refractivity contribution in [3.8, 4) is 0 Å². The Kier molecular flexibility index (Phi) is 11.3. The average molecular weight is 598 g/mol. The van der Waals surface area contributed by atoms with E-state index in [9.17, 15) is 33.9 Å². The molecule has 3 rings (SSSR count). The molecule has 12 N–H and O–H groups in total. The number of rotatable bonds is 17. The van der Waals surface area contributed by atoms with Gasteiger partial charge in [-0.2, -0.15) is 0 Å². The van der Waals surface area contributed by atoms with Gasteiger partial charge < -0.3 is 48.2 Å². The third-order valence-electron chi connectivity index (χ3n) is 6.68. The predicted octanol–water partition coefficient (Wildman–Crippen LogP) is -1.93. The fourth-order valence-electron chi connectivity index (χ4n) is 4.35. The highest BCUT2D eigenvalue weighted by Crippen LogP contribution is 2.19. The van der Waals surface area contributed by atoms with Gasteiger partial charge in [0.15, 0.2) is 0 Å². The van der Waals surface area contributed by atoms with Gasteiger partial charge in [0.1, 0.15) is 18.1 Å². The molecule has 5 amide bonds. The van der Waals surface area contributed by atoms with Crippen LogP contribution in [0.2, 0.25) is 0 Å². The third kappa shape index (κ3) is 9.67. The van der Waals surface area contributed by atoms with E-state index in [0.29, 0.717) is 11.3 Å². The number of H-pyrrole nitrogens is 2. The Balaban J connectivity index is 1.84. The van der Waals surface area contributed by atoms with E-state index in [-0.39, 0.29) is 38.5 Å². The Morgan fingerprint density at radius 2 is 1.44 bits per heavy atom. The SMILES string of the molecule is NC(=O)CCC(N)C(=O)NC(CCC(N)=O)C(=O)NC(Cc1c[nH]c2ccccc12)C(=O)NC(Cc1cnc[nH]1)C(=O)O. The molecular formula is C27H35N9O7. The number of amides is 5. The molecule has 1 aromatic carbocycles. The molecule has 0 saturated heterocycles. The van der Waals surface area contributed by atoms with E-state index in [2.05, 4.69) is 30.9 Å². The first-order chi connectivity index (χ1) is 20.4. The lowest BCUT2D eigenvalue weighted by Gasteiger charge is -2.25. The molecule has 2 aromatic heterocycles. The van der Waals surface area contributed by atoms with Gasteiger partial charge in [0.25, 0.3) is 0 Å². The summed E-state index contributed by atoms with van der Waals surface area (Å²) in [7, 11) is 0. The zero-order valence-corrected chi connectivity index (χ0v) is 23.2. The summed E-state index contributed by atoms with van der Waals surface area (Å²) in [6.07, 6.45) is 3.58. The number of carbonyl (C=O) groups excluding carboxylic acids is 5. The van der Waals surface area contributed by atoms with Crippen LogP contribution in [0.25, 0.3) is 10.9 Å². The highest BCUT2D eigenvalue weighted by Gasteiger charge is 2.31. The van der Waals surface area contributed by atoms with Crippen molar-refractivity contribution in [1.82, 2.24) is 30.9 Å². The zero-order valence-electron chi connectivity index (χ0n) is 23.2. The average Bonchev–Trinajstić information content (AvgIpc) is 3.62. The summed E-state index contributed by atoms with van der Waals surface area (Å²) < 4.78 is 0. The van der Waals surface area contributed by atoms with Gasteiger partial charge >= 0.3 is 5.97 Å². The molecule has 3 aromatic rings. The summed E-state index contributed by atoms with van der Waals surface area (Å²) in [4.78, 5) is 83.9. The highest BCUT2D eigenvalue weighted by atomic mass is 16.4. The monoisotopic (exact) mass is 597 g/mol. The fourth-order valence-corrected chi connectivity index (χ4v) is 4.35. The van der Waals surface area contributed by atoms with E-state index in [1.54, 1.807) is 12.3 Å². The van der Waals surface area contributed by atoms with Crippen LogP contribution in [0.1, 0.15) is 36.9 Å². The van der Waals surface area contributed by atoms with E-state index in [1.165, 1.54) is 12.5 Å². The van der Waals surface area contributed by atoms with Crippen molar-refractivity contribution in [2.45, 2.75) is 62.7 Å². The molecule has 4 atom stereocenters. The number of carbonyl (C=O) groups is 6. The Morgan fingerprint density at radius 3 is 2.09 bits per heavy atom. The quantitative estimate of drug-likeness (QED) is 0.0836. The standard InChI is InChI=1S/C27H35N9O7/c28-17(5-7-22(29)37)24(39)34-19(6-8-23(30)38)25(40)35-20(9-14-11-32-18-4-2-1-3-16(14)18)26(41)36-21(27(42)43)10-15-12-31-13-33-15/h1-4,11-13,17,19-21,32H,5-10,28H2,(H2,29,37)(H2,30,38)(H,31,33)(H,34,39)(H,35,40)(H,36,41)(H,42,43). The van der Waals surface area contributed by atoms with Crippen LogP contribution in [0.15, 0.2) is 43.0 Å². The van der Waals surface area contributed by atoms with Crippen LogP contribution in [0.3, 0.4) is 0 Å². The van der Waals surface area contributed by atoms with Crippen molar-refractivity contribution in [1.29, 1.82) is 0 Å². The molecule has 2 heterocycles. The number of aromatic nitrogens is 3. The van der Waals surface area contributed by atoms with E-state index < -0.39 is 59.7 Å². The summed E-state index contributed by atoms with van der Waals surface area (Å²) in [6, 6.07) is 2.10. The lowest BCUT2D eigenvalue weighted by molar-refractivity contribution is -0.142. The largest absolute Gasteiger partial charge is 0.480 e. The van der Waals surface area contributed by atoms with Gasteiger partial charge in [0.05, 0.1) is 12.4 Å². The molecule has 0 fully saturated rings. The van der Waals surface area contributed by atoms with E-state index in [4.69, 9.17) is 17.2 Å². The molecule has 16 heteroatoms. The minimum absolute atomic E-state index is 0.0490. The second-order valence-corrected chi connectivity index (χ2v) is 9.98. The van der Waals surface area contributed by atoms with Gasteiger partial charge in [-0.25, -0.2) is 9.78 Å². The Hall–Kier alpha value is -5.25. The number of hydrogen-bond donors (Lipinski definition) is 9. The number of para-hydroxylation sites is 1. The number of primary amides is 2. The first-order valence-electron chi connectivity index (χ1n) is 13.4. The lowest BCUT2D eigenvalue weighted by atomic mass is 10.0. The second-order valence-electron chi connectivity index (χ2n) is 9.98. The van der Waals surface area contributed by atoms with Crippen LogP contribution in [0.5, 0.6) is 0 Å². The van der Waals surface area contributed by atoms with Gasteiger partial charge in [0, 0.05) is 54.7 Å². The molecule has 0 radical (unpaired) electrons. The highest BCUT2D eigenvalue weighted by molar-refractivity contribution is 5.95. The molecule has 0 bridgehead atoms. The Morgan fingerprint density at radius 1 is 0.814 bits per heavy atom. The number of aliphatic carboxylic acids is 1. The summed E-state index contributed by atoms with van der Waals surface area (Å²) in [6.45, 7) is 0. The summed E-state index contributed by atoms with van der Waals surface area (Å²) in [5.74, 6) is -5.13. The van der Waals surface area contributed by atoms with Gasteiger partial charge in [-0.3, -0.25) is 24.0 Å². The molecule has 0 aliphatic heterocycles. The molecule has 0 aliphatic rings. The minimum atomic E-state index is -1.36. The lowest BCUT2D eigenvalue weighted by Crippen LogP contribution is -2.58. The van der Waals surface area contributed by atoms with E-state index >= 15 is 0 Å². The number of carboxylic acid groups (broad SMARTS) is 1. The van der Waals surface area contributed by atoms with Gasteiger partial charge in [-0.05, 0) is 24.5 Å². The normalized spacial score (nSPS) is 13.8. The third-order valence-corrected chi connectivity index (χ3v) is 6.68. The maximum Gasteiger partial charge on any atom is 0.326 e. The van der Waals surface area contributed by atoms with Gasteiger partial charge in [-0.15, -0.1) is 0 Å². The number of carboxylic acids is 1. The molecule has 0 aliphatic carbocycles. The number of nitrogens with zero attached hydrogens (tertiary/aromatic N) is 1. The fraction of sp³-hybridized carbons (Fsp3) is 0.370. The molecule has 0 spiro atoms. The van der Waals surface area contributed by atoms with Crippen molar-refractivity contribution in [3.63, 3.8) is 0 Å². The van der Waals surface area contributed by atoms with Crippen molar-refractivity contribution in [2.24, 2.45) is 17.2 Å². The van der Waals surface area contributed by atoms with Crippen LogP contribution in [-0.4, -0.2) is 79.7 Å². The van der Waals surface area contributed by atoms with Crippen LogP contribution in [-0.2, 0) is 41.6 Å². The molecular weight excluding hydrogens is 562 g/mol. The van der Waals surface area contributed by atoms with Gasteiger partial charge in [-0.1, -0.05) is 18.2 Å². The summed E-state index contributed by atoms with van der Waals surface area (Å²) >= 11 is 0. The number of fused-ring (bicyclic) bond motifs is 1. The molecule has 4 unspecified atom stereocenters. The first kappa shape index (κ1) is 32.3. The molecule has 0 saturated carbocycles. The number of aromatic amines is 2. The number of benzene rings is 1. The maximum absolute atomic E-state index is 13.5. The van der Waals surface area contributed by atoms with Crippen LogP contribution < -0.4 is 33.2 Å². The smallest absolute Gasteiger partial charge is 0.326 e. The zero-order chi connectivity index (χ0) is 31.5. The van der Waals surface area contributed by atoms with E-state index in [1.807, 2.05) is 18.2 Å². The molecule has 43 heavy (non-hydrogen) atoms. The molecule has 230 valence electrons. The number of hydrogen-bond acceptors (Lipinski definition) is 8. The van der Waals surface area contributed by atoms with Gasteiger partial charge in [0.2, 0.25) is 29.5 Å². The van der Waals surface area contributed by atoms with E-state index in [0.717, 1.165) is 10.9 Å². The van der Waals surface area contributed by atoms with Crippen molar-refractivity contribution < 1.29 is 33.9 Å². The summed E-state index contributed by atoms with van der Waals surface area (Å²) in [5.41, 5.74) is 18.1. The van der Waals surface area contributed by atoms with Crippen molar-refractivity contribution in [3.05, 3.63) is 54.2 Å². The summed E-state index contributed by atoms with van der Waals surface area (Å²) in [5, 5.41) is 18.0. The van der Waals surface area contributed by atoms with Crippen LogP contribution >= 0.6 is 0 Å². The number of nitrogens with one attached hydrogen (secondary N) is 5. The minimum Gasteiger partial charge on any atom is -0.480 e. The predicted molar refractivity (Wildman–Crippen MR) is 153 cm³/mol. The second kappa shape index (κ2) is 15.1. The number of nitrogens with two attached hydrogens (primary N) is 3. The first-order valence-corrected chi connectivity index (χ1v) is 13.4. The van der Waals surface area contributed by atoms with Crippen LogP contribution in [0.4, 0.5) is 0 Å². The topological polar surface area (TPSA) is 281 Å². The maximum atomic E-state index is 13.5. The Labute approximate surface area is 245 Å². The Bertz CT molecular complexity index is 1450.